The molecule has 0 amide bonds. The van der Waals surface area contributed by atoms with Gasteiger partial charge in [0, 0.05) is 19.3 Å². The minimum absolute atomic E-state index is 0.0715. The molecule has 0 aromatic rings. The van der Waals surface area contributed by atoms with Gasteiger partial charge in [0.05, 0.1) is 0 Å². The zero-order valence-electron chi connectivity index (χ0n) is 43.8. The van der Waals surface area contributed by atoms with E-state index in [0.717, 1.165) is 77.0 Å². The lowest BCUT2D eigenvalue weighted by Crippen LogP contribution is -2.30. The van der Waals surface area contributed by atoms with Gasteiger partial charge in [0.15, 0.2) is 6.10 Å². The van der Waals surface area contributed by atoms with Crippen molar-refractivity contribution in [1.29, 1.82) is 0 Å². The second-order valence-electron chi connectivity index (χ2n) is 19.6. The van der Waals surface area contributed by atoms with Crippen molar-refractivity contribution in [1.82, 2.24) is 0 Å². The summed E-state index contributed by atoms with van der Waals surface area (Å²) in [4.78, 5) is 38.1. The number of allylic oxidation sites excluding steroid dienone is 4. The van der Waals surface area contributed by atoms with Crippen LogP contribution in [0.25, 0.3) is 0 Å². The summed E-state index contributed by atoms with van der Waals surface area (Å²) in [5.74, 6) is -0.864. The van der Waals surface area contributed by atoms with Crippen molar-refractivity contribution in [3.63, 3.8) is 0 Å². The molecule has 0 unspecified atom stereocenters. The van der Waals surface area contributed by atoms with Gasteiger partial charge in [-0.1, -0.05) is 270 Å². The molecular weight excluding hydrogens is 805 g/mol. The highest BCUT2D eigenvalue weighted by molar-refractivity contribution is 5.71. The predicted molar refractivity (Wildman–Crippen MR) is 279 cm³/mol. The average molecular weight is 916 g/mol. The highest BCUT2D eigenvalue weighted by Gasteiger charge is 2.19. The molecule has 0 aromatic heterocycles. The second-order valence-corrected chi connectivity index (χ2v) is 19.6. The Kier molecular flexibility index (Phi) is 52.7. The van der Waals surface area contributed by atoms with Crippen LogP contribution in [0.2, 0.25) is 0 Å². The number of hydrogen-bond acceptors (Lipinski definition) is 6. The van der Waals surface area contributed by atoms with Crippen LogP contribution in [-0.4, -0.2) is 37.2 Å². The number of hydrogen-bond donors (Lipinski definition) is 0. The summed E-state index contributed by atoms with van der Waals surface area (Å²) in [5.41, 5.74) is 0. The molecule has 65 heavy (non-hydrogen) atoms. The number of carbonyl (C=O) groups excluding carboxylic acids is 3. The summed E-state index contributed by atoms with van der Waals surface area (Å²) >= 11 is 0. The Labute approximate surface area is 404 Å². The van der Waals surface area contributed by atoms with E-state index in [4.69, 9.17) is 14.2 Å². The third-order valence-corrected chi connectivity index (χ3v) is 13.0. The van der Waals surface area contributed by atoms with Gasteiger partial charge < -0.3 is 14.2 Å². The Hall–Kier alpha value is -2.11. The van der Waals surface area contributed by atoms with Crippen molar-refractivity contribution in [2.45, 2.75) is 322 Å². The van der Waals surface area contributed by atoms with Gasteiger partial charge in [-0.3, -0.25) is 14.4 Å². The van der Waals surface area contributed by atoms with Crippen LogP contribution in [0.5, 0.6) is 0 Å². The van der Waals surface area contributed by atoms with Crippen molar-refractivity contribution in [3.05, 3.63) is 24.3 Å². The Morgan fingerprint density at radius 1 is 0.308 bits per heavy atom. The van der Waals surface area contributed by atoms with Gasteiger partial charge in [-0.05, 0) is 51.4 Å². The van der Waals surface area contributed by atoms with E-state index >= 15 is 0 Å². The molecule has 0 aliphatic rings. The van der Waals surface area contributed by atoms with Crippen LogP contribution in [0.4, 0.5) is 0 Å². The van der Waals surface area contributed by atoms with Gasteiger partial charge in [-0.15, -0.1) is 0 Å². The number of ether oxygens (including phenoxy) is 3. The van der Waals surface area contributed by atoms with Gasteiger partial charge in [0.25, 0.3) is 0 Å². The third-order valence-electron chi connectivity index (χ3n) is 13.0. The van der Waals surface area contributed by atoms with Crippen molar-refractivity contribution in [2.75, 3.05) is 13.2 Å². The molecule has 0 aromatic carbocycles. The van der Waals surface area contributed by atoms with E-state index in [2.05, 4.69) is 45.1 Å². The number of esters is 3. The smallest absolute Gasteiger partial charge is 0.306 e. The minimum Gasteiger partial charge on any atom is -0.462 e. The fraction of sp³-hybridized carbons (Fsp3) is 0.881. The molecule has 0 aliphatic heterocycles. The van der Waals surface area contributed by atoms with E-state index in [1.54, 1.807) is 0 Å². The molecule has 0 bridgehead atoms. The molecular formula is C59H110O6. The predicted octanol–water partition coefficient (Wildman–Crippen LogP) is 19.1. The van der Waals surface area contributed by atoms with Gasteiger partial charge >= 0.3 is 17.9 Å². The Bertz CT molecular complexity index is 1050. The van der Waals surface area contributed by atoms with E-state index in [0.29, 0.717) is 19.3 Å². The minimum atomic E-state index is -0.773. The molecule has 0 fully saturated rings. The standard InChI is InChI=1S/C59H110O6/c1-4-7-10-13-16-19-22-25-27-28-29-30-32-34-37-40-43-46-49-52-58(61)64-55-56(54-63-57(60)51-48-45-42-39-36-33-24-21-18-15-12-9-6-3)65-59(62)53-50-47-44-41-38-35-31-26-23-20-17-14-11-8-5-2/h17,20,26,31,56H,4-16,18-19,21-25,27-30,32-55H2,1-3H3/b20-17-,31-26-/t56-/m1/s1. The lowest BCUT2D eigenvalue weighted by Gasteiger charge is -2.18. The van der Waals surface area contributed by atoms with E-state index in [-0.39, 0.29) is 31.1 Å². The van der Waals surface area contributed by atoms with Crippen LogP contribution in [-0.2, 0) is 28.6 Å². The fourth-order valence-electron chi connectivity index (χ4n) is 8.59. The van der Waals surface area contributed by atoms with Crippen LogP contribution in [0, 0.1) is 0 Å². The summed E-state index contributed by atoms with van der Waals surface area (Å²) in [6.07, 6.45) is 63.1. The van der Waals surface area contributed by atoms with Crippen molar-refractivity contribution < 1.29 is 28.6 Å². The molecule has 0 N–H and O–H groups in total. The van der Waals surface area contributed by atoms with E-state index < -0.39 is 6.10 Å². The number of rotatable bonds is 53. The lowest BCUT2D eigenvalue weighted by atomic mass is 10.0. The Morgan fingerprint density at radius 2 is 0.554 bits per heavy atom. The maximum absolute atomic E-state index is 12.8. The Balaban J connectivity index is 4.31. The molecule has 0 spiro atoms. The highest BCUT2D eigenvalue weighted by Crippen LogP contribution is 2.17. The molecule has 0 radical (unpaired) electrons. The third kappa shape index (κ3) is 52.7. The molecule has 0 rings (SSSR count). The molecule has 6 nitrogen and oxygen atoms in total. The van der Waals surface area contributed by atoms with Gasteiger partial charge in [0.1, 0.15) is 13.2 Å². The normalized spacial score (nSPS) is 12.1. The quantitative estimate of drug-likeness (QED) is 0.0262. The first-order valence-electron chi connectivity index (χ1n) is 28.8. The van der Waals surface area contributed by atoms with Gasteiger partial charge in [-0.2, -0.15) is 0 Å². The summed E-state index contributed by atoms with van der Waals surface area (Å²) in [6, 6.07) is 0. The molecule has 1 atom stereocenters. The molecule has 6 heteroatoms. The molecule has 0 saturated carbocycles. The molecule has 382 valence electrons. The van der Waals surface area contributed by atoms with Crippen LogP contribution < -0.4 is 0 Å². The van der Waals surface area contributed by atoms with E-state index in [1.165, 1.54) is 199 Å². The summed E-state index contributed by atoms with van der Waals surface area (Å²) in [6.45, 7) is 6.65. The lowest BCUT2D eigenvalue weighted by molar-refractivity contribution is -0.167. The van der Waals surface area contributed by atoms with Crippen LogP contribution in [0.3, 0.4) is 0 Å². The van der Waals surface area contributed by atoms with E-state index in [1.807, 2.05) is 0 Å². The fourth-order valence-corrected chi connectivity index (χ4v) is 8.59. The van der Waals surface area contributed by atoms with Crippen molar-refractivity contribution in [3.8, 4) is 0 Å². The van der Waals surface area contributed by atoms with Crippen molar-refractivity contribution >= 4 is 17.9 Å². The first-order valence-corrected chi connectivity index (χ1v) is 28.8. The maximum Gasteiger partial charge on any atom is 0.306 e. The van der Waals surface area contributed by atoms with Crippen molar-refractivity contribution in [2.24, 2.45) is 0 Å². The summed E-state index contributed by atoms with van der Waals surface area (Å²) in [7, 11) is 0. The zero-order valence-corrected chi connectivity index (χ0v) is 43.8. The van der Waals surface area contributed by atoms with Crippen LogP contribution in [0.1, 0.15) is 316 Å². The topological polar surface area (TPSA) is 78.9 Å². The molecule has 0 aliphatic carbocycles. The monoisotopic (exact) mass is 915 g/mol. The maximum atomic E-state index is 12.8. The first-order chi connectivity index (χ1) is 32.0. The van der Waals surface area contributed by atoms with E-state index in [9.17, 15) is 14.4 Å². The summed E-state index contributed by atoms with van der Waals surface area (Å²) < 4.78 is 16.9. The molecule has 0 saturated heterocycles. The van der Waals surface area contributed by atoms with Gasteiger partial charge in [-0.25, -0.2) is 0 Å². The van der Waals surface area contributed by atoms with Gasteiger partial charge in [0.2, 0.25) is 0 Å². The highest BCUT2D eigenvalue weighted by atomic mass is 16.6. The first kappa shape index (κ1) is 62.9. The average Bonchev–Trinajstić information content (AvgIpc) is 3.30. The Morgan fingerprint density at radius 3 is 0.877 bits per heavy atom. The van der Waals surface area contributed by atoms with Crippen LogP contribution >= 0.6 is 0 Å². The number of carbonyl (C=O) groups is 3. The SMILES string of the molecule is CCCCC/C=C\C/C=C\CCCCCCCC(=O)O[C@H](COC(=O)CCCCCCCCCCCCCCC)COC(=O)CCCCCCCCCCCCCCCCCCCCC. The summed E-state index contributed by atoms with van der Waals surface area (Å²) in [5, 5.41) is 0. The zero-order chi connectivity index (χ0) is 47.2. The number of unbranched alkanes of at least 4 members (excludes halogenated alkanes) is 38. The molecule has 0 heterocycles. The largest absolute Gasteiger partial charge is 0.462 e. The van der Waals surface area contributed by atoms with Crippen LogP contribution in [0.15, 0.2) is 24.3 Å². The second kappa shape index (κ2) is 54.5.